The third-order valence-corrected chi connectivity index (χ3v) is 5.01. The fraction of sp³-hybridized carbons (Fsp3) is 0.750. The third-order valence-electron chi connectivity index (χ3n) is 5.01. The van der Waals surface area contributed by atoms with Gasteiger partial charge >= 0.3 is 0 Å². The van der Waals surface area contributed by atoms with Crippen LogP contribution in [0.5, 0.6) is 0 Å². The molecular formula is C16H28Cl2N4O. The highest BCUT2D eigenvalue weighted by Gasteiger charge is 2.30. The number of carbonyl (C=O) groups is 1. The lowest BCUT2D eigenvalue weighted by Gasteiger charge is -2.33. The molecule has 1 saturated carbocycles. The van der Waals surface area contributed by atoms with Crippen molar-refractivity contribution in [3.63, 3.8) is 0 Å². The molecule has 0 aromatic carbocycles. The van der Waals surface area contributed by atoms with Gasteiger partial charge < -0.3 is 10.6 Å². The lowest BCUT2D eigenvalue weighted by Crippen LogP contribution is -2.42. The van der Waals surface area contributed by atoms with Crippen molar-refractivity contribution in [1.29, 1.82) is 0 Å². The van der Waals surface area contributed by atoms with Gasteiger partial charge in [0.05, 0.1) is 12.2 Å². The highest BCUT2D eigenvalue weighted by molar-refractivity contribution is 5.85. The van der Waals surface area contributed by atoms with Crippen LogP contribution in [0, 0.1) is 12.8 Å². The number of amides is 1. The number of piperidine rings is 1. The van der Waals surface area contributed by atoms with Crippen LogP contribution in [0.15, 0.2) is 12.4 Å². The predicted molar refractivity (Wildman–Crippen MR) is 96.2 cm³/mol. The number of hydrogen-bond acceptors (Lipinski definition) is 3. The summed E-state index contributed by atoms with van der Waals surface area (Å²) < 4.78 is 2.02. The second-order valence-electron chi connectivity index (χ2n) is 6.69. The van der Waals surface area contributed by atoms with E-state index in [-0.39, 0.29) is 36.8 Å². The SMILES string of the molecule is Cc1cnn(C2CCCN(C(=O)C[C@@H]3CCC[C@H]3N)C2)c1.Cl.Cl. The molecule has 5 nitrogen and oxygen atoms in total. The summed E-state index contributed by atoms with van der Waals surface area (Å²) in [5, 5.41) is 4.41. The number of halogens is 2. The van der Waals surface area contributed by atoms with Crippen molar-refractivity contribution >= 4 is 30.7 Å². The fourth-order valence-electron chi connectivity index (χ4n) is 3.70. The Balaban J connectivity index is 0.00000132. The monoisotopic (exact) mass is 362 g/mol. The zero-order chi connectivity index (χ0) is 14.8. The average molecular weight is 363 g/mol. The highest BCUT2D eigenvalue weighted by Crippen LogP contribution is 2.29. The van der Waals surface area contributed by atoms with Gasteiger partial charge in [-0.05, 0) is 44.1 Å². The number of aromatic nitrogens is 2. The summed E-state index contributed by atoms with van der Waals surface area (Å²) in [6, 6.07) is 0.553. The van der Waals surface area contributed by atoms with Crippen LogP contribution < -0.4 is 5.73 Å². The first-order valence-corrected chi connectivity index (χ1v) is 8.17. The third kappa shape index (κ3) is 4.85. The molecule has 1 aromatic rings. The lowest BCUT2D eigenvalue weighted by molar-refractivity contribution is -0.134. The maximum Gasteiger partial charge on any atom is 0.222 e. The van der Waals surface area contributed by atoms with Crippen LogP contribution in [-0.2, 0) is 4.79 Å². The highest BCUT2D eigenvalue weighted by atomic mass is 35.5. The molecule has 1 saturated heterocycles. The van der Waals surface area contributed by atoms with E-state index in [2.05, 4.69) is 18.2 Å². The molecule has 1 aliphatic heterocycles. The minimum Gasteiger partial charge on any atom is -0.341 e. The summed E-state index contributed by atoms with van der Waals surface area (Å²) in [7, 11) is 0. The molecule has 7 heteroatoms. The molecular weight excluding hydrogens is 335 g/mol. The first-order valence-electron chi connectivity index (χ1n) is 8.17. The van der Waals surface area contributed by atoms with Crippen LogP contribution in [0.4, 0.5) is 0 Å². The van der Waals surface area contributed by atoms with Gasteiger partial charge in [-0.1, -0.05) is 6.42 Å². The van der Waals surface area contributed by atoms with E-state index in [1.165, 1.54) is 12.0 Å². The molecule has 2 heterocycles. The zero-order valence-electron chi connectivity index (χ0n) is 13.7. The van der Waals surface area contributed by atoms with Crippen LogP contribution in [0.1, 0.15) is 50.1 Å². The van der Waals surface area contributed by atoms with E-state index < -0.39 is 0 Å². The molecule has 3 rings (SSSR count). The fourth-order valence-corrected chi connectivity index (χ4v) is 3.70. The van der Waals surface area contributed by atoms with Gasteiger partial charge in [0, 0.05) is 31.7 Å². The smallest absolute Gasteiger partial charge is 0.222 e. The molecule has 0 spiro atoms. The van der Waals surface area contributed by atoms with Crippen LogP contribution >= 0.6 is 24.8 Å². The molecule has 132 valence electrons. The Hall–Kier alpha value is -0.780. The van der Waals surface area contributed by atoms with E-state index in [1.807, 2.05) is 15.8 Å². The lowest BCUT2D eigenvalue weighted by atomic mass is 9.98. The first kappa shape index (κ1) is 20.3. The number of carbonyl (C=O) groups excluding carboxylic acids is 1. The topological polar surface area (TPSA) is 64.2 Å². The van der Waals surface area contributed by atoms with Crippen molar-refractivity contribution in [2.24, 2.45) is 11.7 Å². The first-order chi connectivity index (χ1) is 10.1. The molecule has 1 amide bonds. The van der Waals surface area contributed by atoms with Gasteiger partial charge in [0.2, 0.25) is 5.91 Å². The van der Waals surface area contributed by atoms with Gasteiger partial charge in [-0.2, -0.15) is 5.10 Å². The average Bonchev–Trinajstić information content (AvgIpc) is 3.08. The van der Waals surface area contributed by atoms with Crippen LogP contribution in [-0.4, -0.2) is 39.7 Å². The quantitative estimate of drug-likeness (QED) is 0.898. The van der Waals surface area contributed by atoms with E-state index in [0.717, 1.165) is 38.8 Å². The standard InChI is InChI=1S/C16H26N4O.2ClH/c1-12-9-18-20(10-12)14-5-3-7-19(11-14)16(21)8-13-4-2-6-15(13)17;;/h9-10,13-15H,2-8,11,17H2,1H3;2*1H/t13-,14?,15+;;/m0../s1. The molecule has 1 aromatic heterocycles. The molecule has 23 heavy (non-hydrogen) atoms. The number of nitrogens with two attached hydrogens (primary N) is 1. The number of aryl methyl sites for hydroxylation is 1. The van der Waals surface area contributed by atoms with E-state index in [1.54, 1.807) is 0 Å². The summed E-state index contributed by atoms with van der Waals surface area (Å²) in [5.41, 5.74) is 7.27. The molecule has 3 atom stereocenters. The minimum absolute atomic E-state index is 0. The Morgan fingerprint density at radius 3 is 2.70 bits per heavy atom. The molecule has 2 N–H and O–H groups in total. The second-order valence-corrected chi connectivity index (χ2v) is 6.69. The van der Waals surface area contributed by atoms with Crippen LogP contribution in [0.25, 0.3) is 0 Å². The van der Waals surface area contributed by atoms with E-state index in [9.17, 15) is 4.79 Å². The van der Waals surface area contributed by atoms with Crippen LogP contribution in [0.2, 0.25) is 0 Å². The maximum atomic E-state index is 12.5. The molecule has 0 bridgehead atoms. The molecule has 1 aliphatic carbocycles. The second kappa shape index (κ2) is 8.90. The minimum atomic E-state index is 0. The number of nitrogens with zero attached hydrogens (tertiary/aromatic N) is 3. The summed E-state index contributed by atoms with van der Waals surface area (Å²) in [4.78, 5) is 14.5. The Morgan fingerprint density at radius 1 is 1.30 bits per heavy atom. The summed E-state index contributed by atoms with van der Waals surface area (Å²) in [5.74, 6) is 0.677. The Bertz CT molecular complexity index is 508. The van der Waals surface area contributed by atoms with Gasteiger partial charge in [0.1, 0.15) is 0 Å². The van der Waals surface area contributed by atoms with Crippen molar-refractivity contribution in [1.82, 2.24) is 14.7 Å². The van der Waals surface area contributed by atoms with E-state index in [4.69, 9.17) is 5.73 Å². The number of likely N-dealkylation sites (tertiary alicyclic amines) is 1. The molecule has 2 fully saturated rings. The largest absolute Gasteiger partial charge is 0.341 e. The molecule has 1 unspecified atom stereocenters. The Morgan fingerprint density at radius 2 is 2.09 bits per heavy atom. The van der Waals surface area contributed by atoms with Gasteiger partial charge in [-0.15, -0.1) is 24.8 Å². The van der Waals surface area contributed by atoms with Gasteiger partial charge in [0.15, 0.2) is 0 Å². The van der Waals surface area contributed by atoms with Crippen molar-refractivity contribution in [3.8, 4) is 0 Å². The predicted octanol–water partition coefficient (Wildman–Crippen LogP) is 2.72. The number of hydrogen-bond donors (Lipinski definition) is 1. The van der Waals surface area contributed by atoms with E-state index in [0.29, 0.717) is 18.4 Å². The Kier molecular flexibility index (Phi) is 7.84. The van der Waals surface area contributed by atoms with Gasteiger partial charge in [-0.3, -0.25) is 9.48 Å². The normalized spacial score (nSPS) is 27.2. The van der Waals surface area contributed by atoms with Gasteiger partial charge in [-0.25, -0.2) is 0 Å². The molecule has 2 aliphatic rings. The number of rotatable bonds is 3. The van der Waals surface area contributed by atoms with Crippen molar-refractivity contribution in [2.45, 2.75) is 57.5 Å². The van der Waals surface area contributed by atoms with Crippen molar-refractivity contribution < 1.29 is 4.79 Å². The zero-order valence-corrected chi connectivity index (χ0v) is 15.3. The Labute approximate surface area is 150 Å². The van der Waals surface area contributed by atoms with Gasteiger partial charge in [0.25, 0.3) is 0 Å². The van der Waals surface area contributed by atoms with E-state index >= 15 is 0 Å². The molecule has 0 radical (unpaired) electrons. The van der Waals surface area contributed by atoms with Crippen LogP contribution in [0.3, 0.4) is 0 Å². The summed E-state index contributed by atoms with van der Waals surface area (Å²) in [6.07, 6.45) is 10.1. The summed E-state index contributed by atoms with van der Waals surface area (Å²) in [6.45, 7) is 3.73. The summed E-state index contributed by atoms with van der Waals surface area (Å²) >= 11 is 0. The maximum absolute atomic E-state index is 12.5. The van der Waals surface area contributed by atoms with Crippen molar-refractivity contribution in [2.75, 3.05) is 13.1 Å². The van der Waals surface area contributed by atoms with Crippen molar-refractivity contribution in [3.05, 3.63) is 18.0 Å².